The van der Waals surface area contributed by atoms with Crippen molar-refractivity contribution in [1.29, 1.82) is 0 Å². The van der Waals surface area contributed by atoms with Crippen LogP contribution in [-0.2, 0) is 31.9 Å². The molecule has 1 amide bonds. The molecule has 0 aromatic heterocycles. The van der Waals surface area contributed by atoms with Crippen LogP contribution in [-0.4, -0.2) is 50.7 Å². The van der Waals surface area contributed by atoms with Gasteiger partial charge in [0.2, 0.25) is 15.9 Å². The number of carbonyl (C=O) groups excluding carboxylic acids is 2. The van der Waals surface area contributed by atoms with E-state index in [1.165, 1.54) is 4.31 Å². The van der Waals surface area contributed by atoms with Crippen LogP contribution >= 0.6 is 0 Å². The van der Waals surface area contributed by atoms with E-state index in [1.807, 2.05) is 44.2 Å². The monoisotopic (exact) mass is 458 g/mol. The number of hydrogen-bond donors (Lipinski definition) is 1. The lowest BCUT2D eigenvalue weighted by Gasteiger charge is -2.26. The van der Waals surface area contributed by atoms with Crippen LogP contribution in [0, 0.1) is 13.8 Å². The van der Waals surface area contributed by atoms with E-state index in [4.69, 9.17) is 4.74 Å². The Bertz CT molecular complexity index is 1080. The van der Waals surface area contributed by atoms with Gasteiger partial charge in [0.1, 0.15) is 0 Å². The molecule has 0 saturated carbocycles. The molecule has 32 heavy (non-hydrogen) atoms. The average molecular weight is 459 g/mol. The number of hydrogen-bond acceptors (Lipinski definition) is 5. The Kier molecular flexibility index (Phi) is 8.17. The summed E-state index contributed by atoms with van der Waals surface area (Å²) in [6.07, 6.45) is 0.212. The summed E-state index contributed by atoms with van der Waals surface area (Å²) in [4.78, 5) is 24.8. The Morgan fingerprint density at radius 1 is 1.00 bits per heavy atom. The highest BCUT2D eigenvalue weighted by Crippen LogP contribution is 2.17. The molecule has 172 valence electrons. The molecule has 1 heterocycles. The van der Waals surface area contributed by atoms with Gasteiger partial charge in [-0.2, -0.15) is 4.31 Å². The van der Waals surface area contributed by atoms with Crippen LogP contribution in [0.1, 0.15) is 45.5 Å². The van der Waals surface area contributed by atoms with Gasteiger partial charge in [-0.3, -0.25) is 9.59 Å². The van der Waals surface area contributed by atoms with Crippen molar-refractivity contribution in [2.75, 3.05) is 26.3 Å². The van der Waals surface area contributed by atoms with E-state index in [0.29, 0.717) is 37.4 Å². The van der Waals surface area contributed by atoms with Gasteiger partial charge < -0.3 is 10.1 Å². The molecular weight excluding hydrogens is 428 g/mol. The minimum absolute atomic E-state index is 0.0571. The van der Waals surface area contributed by atoms with Crippen LogP contribution in [0.5, 0.6) is 0 Å². The molecule has 1 aliphatic heterocycles. The van der Waals surface area contributed by atoms with Crippen LogP contribution < -0.4 is 5.32 Å². The summed E-state index contributed by atoms with van der Waals surface area (Å²) in [7, 11) is -3.46. The third-order valence-electron chi connectivity index (χ3n) is 5.57. The van der Waals surface area contributed by atoms with Gasteiger partial charge in [0.05, 0.1) is 19.0 Å². The Balaban J connectivity index is 1.56. The lowest BCUT2D eigenvalue weighted by molar-refractivity contribution is -0.121. The standard InChI is InChI=1S/C24H30N2O5S/c1-18-7-8-19(2)22(15-18)23(27)9-10-24(28)25-16-20-5-3-4-6-21(20)17-32(29,30)26-11-13-31-14-12-26/h3-8,15H,9-14,16-17H2,1-2H3,(H,25,28). The first-order valence-electron chi connectivity index (χ1n) is 10.8. The zero-order valence-corrected chi connectivity index (χ0v) is 19.4. The molecule has 1 saturated heterocycles. The van der Waals surface area contributed by atoms with Crippen molar-refractivity contribution in [2.45, 2.75) is 39.0 Å². The minimum atomic E-state index is -3.46. The molecule has 0 radical (unpaired) electrons. The Labute approximate surface area is 189 Å². The number of Topliss-reactive ketones (excluding diaryl/α,β-unsaturated/α-hetero) is 1. The maximum atomic E-state index is 12.8. The Morgan fingerprint density at radius 2 is 1.69 bits per heavy atom. The van der Waals surface area contributed by atoms with E-state index in [9.17, 15) is 18.0 Å². The highest BCUT2D eigenvalue weighted by Gasteiger charge is 2.25. The van der Waals surface area contributed by atoms with Gasteiger partial charge in [-0.05, 0) is 36.6 Å². The topological polar surface area (TPSA) is 92.8 Å². The third kappa shape index (κ3) is 6.48. The summed E-state index contributed by atoms with van der Waals surface area (Å²) in [5, 5.41) is 2.82. The van der Waals surface area contributed by atoms with E-state index < -0.39 is 10.0 Å². The summed E-state index contributed by atoms with van der Waals surface area (Å²) >= 11 is 0. The molecule has 0 bridgehead atoms. The summed E-state index contributed by atoms with van der Waals surface area (Å²) in [5.41, 5.74) is 3.96. The molecule has 8 heteroatoms. The van der Waals surface area contributed by atoms with Gasteiger partial charge in [0.25, 0.3) is 0 Å². The van der Waals surface area contributed by atoms with Crippen molar-refractivity contribution >= 4 is 21.7 Å². The number of nitrogens with zero attached hydrogens (tertiary/aromatic N) is 1. The number of nitrogens with one attached hydrogen (secondary N) is 1. The largest absolute Gasteiger partial charge is 0.379 e. The van der Waals surface area contributed by atoms with Crippen LogP contribution in [0.4, 0.5) is 0 Å². The zero-order valence-electron chi connectivity index (χ0n) is 18.6. The summed E-state index contributed by atoms with van der Waals surface area (Å²) in [5.74, 6) is -0.419. The smallest absolute Gasteiger partial charge is 0.220 e. The van der Waals surface area contributed by atoms with Gasteiger partial charge in [-0.1, -0.05) is 42.0 Å². The molecule has 1 N–H and O–H groups in total. The van der Waals surface area contributed by atoms with E-state index in [-0.39, 0.29) is 36.8 Å². The molecule has 0 aliphatic carbocycles. The van der Waals surface area contributed by atoms with Crippen molar-refractivity contribution < 1.29 is 22.7 Å². The maximum Gasteiger partial charge on any atom is 0.220 e. The van der Waals surface area contributed by atoms with Gasteiger partial charge in [-0.25, -0.2) is 8.42 Å². The summed E-state index contributed by atoms with van der Waals surface area (Å²) in [6.45, 7) is 5.54. The molecule has 3 rings (SSSR count). The molecular formula is C24H30N2O5S. The number of amides is 1. The fraction of sp³-hybridized carbons (Fsp3) is 0.417. The predicted molar refractivity (Wildman–Crippen MR) is 123 cm³/mol. The minimum Gasteiger partial charge on any atom is -0.379 e. The van der Waals surface area contributed by atoms with E-state index in [1.54, 1.807) is 12.1 Å². The second-order valence-corrected chi connectivity index (χ2v) is 10.0. The van der Waals surface area contributed by atoms with Crippen LogP contribution in [0.25, 0.3) is 0 Å². The summed E-state index contributed by atoms with van der Waals surface area (Å²) < 4.78 is 32.2. The van der Waals surface area contributed by atoms with Crippen molar-refractivity contribution in [3.05, 3.63) is 70.3 Å². The molecule has 2 aromatic rings. The quantitative estimate of drug-likeness (QED) is 0.584. The van der Waals surface area contributed by atoms with Crippen molar-refractivity contribution in [2.24, 2.45) is 0 Å². The molecule has 1 fully saturated rings. The number of ether oxygens (including phenoxy) is 1. The Morgan fingerprint density at radius 3 is 2.41 bits per heavy atom. The average Bonchev–Trinajstić information content (AvgIpc) is 2.79. The molecule has 7 nitrogen and oxygen atoms in total. The predicted octanol–water partition coefficient (Wildman–Crippen LogP) is 2.74. The lowest BCUT2D eigenvalue weighted by Crippen LogP contribution is -2.41. The van der Waals surface area contributed by atoms with Gasteiger partial charge in [0.15, 0.2) is 5.78 Å². The fourth-order valence-corrected chi connectivity index (χ4v) is 5.23. The highest BCUT2D eigenvalue weighted by molar-refractivity contribution is 7.88. The second kappa shape index (κ2) is 10.8. The SMILES string of the molecule is Cc1ccc(C)c(C(=O)CCC(=O)NCc2ccccc2CS(=O)(=O)N2CCOCC2)c1. The van der Waals surface area contributed by atoms with E-state index in [0.717, 1.165) is 16.7 Å². The van der Waals surface area contributed by atoms with Crippen LogP contribution in [0.15, 0.2) is 42.5 Å². The molecule has 0 unspecified atom stereocenters. The van der Waals surface area contributed by atoms with Crippen LogP contribution in [0.3, 0.4) is 0 Å². The first-order valence-corrected chi connectivity index (χ1v) is 12.4. The first-order chi connectivity index (χ1) is 15.3. The number of morpholine rings is 1. The van der Waals surface area contributed by atoms with E-state index in [2.05, 4.69) is 5.32 Å². The number of aryl methyl sites for hydroxylation is 2. The number of benzene rings is 2. The second-order valence-electron chi connectivity index (χ2n) is 8.05. The first kappa shape index (κ1) is 24.1. The highest BCUT2D eigenvalue weighted by atomic mass is 32.2. The summed E-state index contributed by atoms with van der Waals surface area (Å²) in [6, 6.07) is 12.9. The Hall–Kier alpha value is -2.55. The molecule has 2 aromatic carbocycles. The lowest BCUT2D eigenvalue weighted by atomic mass is 9.99. The zero-order chi connectivity index (χ0) is 23.1. The molecule has 0 spiro atoms. The van der Waals surface area contributed by atoms with Gasteiger partial charge >= 0.3 is 0 Å². The van der Waals surface area contributed by atoms with Crippen LogP contribution in [0.2, 0.25) is 0 Å². The van der Waals surface area contributed by atoms with Crippen molar-refractivity contribution in [1.82, 2.24) is 9.62 Å². The normalized spacial score (nSPS) is 14.8. The molecule has 0 atom stereocenters. The fourth-order valence-electron chi connectivity index (χ4n) is 3.66. The van der Waals surface area contributed by atoms with Gasteiger partial charge in [0, 0.05) is 38.0 Å². The molecule has 1 aliphatic rings. The number of carbonyl (C=O) groups is 2. The van der Waals surface area contributed by atoms with Crippen molar-refractivity contribution in [3.63, 3.8) is 0 Å². The van der Waals surface area contributed by atoms with Gasteiger partial charge in [-0.15, -0.1) is 0 Å². The van der Waals surface area contributed by atoms with Crippen molar-refractivity contribution in [3.8, 4) is 0 Å². The number of rotatable bonds is 9. The third-order valence-corrected chi connectivity index (χ3v) is 7.40. The maximum absolute atomic E-state index is 12.8. The number of sulfonamides is 1. The van der Waals surface area contributed by atoms with E-state index >= 15 is 0 Å². The number of ketones is 1.